The van der Waals surface area contributed by atoms with Gasteiger partial charge in [-0.15, -0.1) is 0 Å². The van der Waals surface area contributed by atoms with Gasteiger partial charge in [0.2, 0.25) is 6.43 Å². The fourth-order valence-electron chi connectivity index (χ4n) is 1.66. The third-order valence-electron chi connectivity index (χ3n) is 2.79. The smallest absolute Gasteiger partial charge is 0.242 e. The van der Waals surface area contributed by atoms with Crippen LogP contribution in [0.5, 0.6) is 0 Å². The van der Waals surface area contributed by atoms with Crippen LogP contribution in [0, 0.1) is 5.82 Å². The van der Waals surface area contributed by atoms with Gasteiger partial charge in [-0.1, -0.05) is 18.2 Å². The van der Waals surface area contributed by atoms with Gasteiger partial charge in [0.1, 0.15) is 5.82 Å². The molecule has 1 rings (SSSR count). The van der Waals surface area contributed by atoms with Crippen molar-refractivity contribution < 1.29 is 17.4 Å². The first-order valence-electron chi connectivity index (χ1n) is 6.36. The third kappa shape index (κ3) is 4.59. The Kier molecular flexibility index (Phi) is 5.77. The maximum atomic E-state index is 14.2. The van der Waals surface area contributed by atoms with E-state index in [9.17, 15) is 17.4 Å². The molecule has 0 fully saturated rings. The standard InChI is InChI=1S/C14H20F3NOS/c1-9(18-20(19)14(2,3)4)11-7-5-6-10(13(11)17)8-12(15)16/h5-7,9,12,18H,8H2,1-4H3/t9-,20+/m1/s1. The fraction of sp³-hybridized carbons (Fsp3) is 0.571. The van der Waals surface area contributed by atoms with E-state index in [0.717, 1.165) is 0 Å². The minimum Gasteiger partial charge on any atom is -0.242 e. The number of benzene rings is 1. The van der Waals surface area contributed by atoms with E-state index in [1.807, 2.05) is 0 Å². The van der Waals surface area contributed by atoms with Crippen LogP contribution in [-0.2, 0) is 17.4 Å². The van der Waals surface area contributed by atoms with Gasteiger partial charge in [-0.2, -0.15) is 0 Å². The molecule has 0 saturated carbocycles. The van der Waals surface area contributed by atoms with Crippen LogP contribution in [0.1, 0.15) is 44.9 Å². The second kappa shape index (κ2) is 6.72. The Balaban J connectivity index is 2.94. The van der Waals surface area contributed by atoms with Crippen molar-refractivity contribution in [1.29, 1.82) is 0 Å². The van der Waals surface area contributed by atoms with Crippen molar-refractivity contribution in [2.45, 2.75) is 51.3 Å². The molecule has 114 valence electrons. The Hall–Kier alpha value is -0.880. The Morgan fingerprint density at radius 2 is 1.90 bits per heavy atom. The van der Waals surface area contributed by atoms with Gasteiger partial charge >= 0.3 is 0 Å². The molecule has 2 atom stereocenters. The molecule has 0 radical (unpaired) electrons. The van der Waals surface area contributed by atoms with Crippen molar-refractivity contribution >= 4 is 11.0 Å². The molecular weight excluding hydrogens is 287 g/mol. The van der Waals surface area contributed by atoms with E-state index in [1.165, 1.54) is 18.2 Å². The molecule has 0 bridgehead atoms. The third-order valence-corrected chi connectivity index (χ3v) is 4.47. The maximum Gasteiger partial charge on any atom is 0.242 e. The minimum absolute atomic E-state index is 0.0207. The number of hydrogen-bond donors (Lipinski definition) is 1. The first kappa shape index (κ1) is 17.2. The summed E-state index contributed by atoms with van der Waals surface area (Å²) in [5.41, 5.74) is 0.230. The summed E-state index contributed by atoms with van der Waals surface area (Å²) in [5.74, 6) is -0.654. The molecule has 1 N–H and O–H groups in total. The Morgan fingerprint density at radius 3 is 2.40 bits per heavy atom. The normalized spacial score (nSPS) is 15.4. The molecule has 0 aliphatic carbocycles. The van der Waals surface area contributed by atoms with Crippen LogP contribution in [-0.4, -0.2) is 15.4 Å². The molecule has 0 aliphatic heterocycles. The molecule has 0 spiro atoms. The van der Waals surface area contributed by atoms with E-state index in [0.29, 0.717) is 0 Å². The topological polar surface area (TPSA) is 29.1 Å². The second-order valence-corrected chi connectivity index (χ2v) is 7.63. The van der Waals surface area contributed by atoms with Crippen LogP contribution in [0.25, 0.3) is 0 Å². The molecule has 0 unspecified atom stereocenters. The van der Waals surface area contributed by atoms with E-state index in [1.54, 1.807) is 27.7 Å². The summed E-state index contributed by atoms with van der Waals surface area (Å²) in [5, 5.41) is 0. The summed E-state index contributed by atoms with van der Waals surface area (Å²) in [6, 6.07) is 3.88. The predicted molar refractivity (Wildman–Crippen MR) is 75.6 cm³/mol. The summed E-state index contributed by atoms with van der Waals surface area (Å²) in [7, 11) is -1.36. The highest BCUT2D eigenvalue weighted by Crippen LogP contribution is 2.23. The minimum atomic E-state index is -2.59. The number of halogens is 3. The van der Waals surface area contributed by atoms with Crippen molar-refractivity contribution in [2.24, 2.45) is 0 Å². The maximum absolute atomic E-state index is 14.2. The average Bonchev–Trinajstić information content (AvgIpc) is 2.29. The highest BCUT2D eigenvalue weighted by atomic mass is 32.2. The van der Waals surface area contributed by atoms with Crippen LogP contribution in [0.15, 0.2) is 18.2 Å². The molecule has 0 amide bonds. The summed E-state index contributed by atoms with van der Waals surface area (Å²) in [6.45, 7) is 7.05. The van der Waals surface area contributed by atoms with Crippen molar-refractivity contribution in [3.8, 4) is 0 Å². The van der Waals surface area contributed by atoms with E-state index in [-0.39, 0.29) is 11.1 Å². The number of alkyl halides is 2. The zero-order chi connectivity index (χ0) is 15.5. The summed E-state index contributed by atoms with van der Waals surface area (Å²) in [6.07, 6.45) is -3.21. The lowest BCUT2D eigenvalue weighted by Gasteiger charge is -2.22. The van der Waals surface area contributed by atoms with Gasteiger partial charge in [-0.05, 0) is 33.3 Å². The largest absolute Gasteiger partial charge is 0.242 e. The lowest BCUT2D eigenvalue weighted by molar-refractivity contribution is 0.147. The zero-order valence-corrected chi connectivity index (χ0v) is 12.9. The molecule has 1 aromatic rings. The molecule has 6 heteroatoms. The van der Waals surface area contributed by atoms with Crippen molar-refractivity contribution in [3.63, 3.8) is 0 Å². The Morgan fingerprint density at radius 1 is 1.30 bits per heavy atom. The highest BCUT2D eigenvalue weighted by molar-refractivity contribution is 7.84. The van der Waals surface area contributed by atoms with Crippen LogP contribution in [0.2, 0.25) is 0 Å². The van der Waals surface area contributed by atoms with Gasteiger partial charge in [0.15, 0.2) is 0 Å². The van der Waals surface area contributed by atoms with Gasteiger partial charge in [0.25, 0.3) is 0 Å². The first-order valence-corrected chi connectivity index (χ1v) is 7.51. The van der Waals surface area contributed by atoms with Gasteiger partial charge in [-0.3, -0.25) is 0 Å². The Bertz CT molecular complexity index is 486. The SMILES string of the molecule is C[C@@H](N[S@@](=O)C(C)(C)C)c1cccc(CC(F)F)c1F. The lowest BCUT2D eigenvalue weighted by Crippen LogP contribution is -2.35. The van der Waals surface area contributed by atoms with Gasteiger partial charge in [0, 0.05) is 18.0 Å². The molecule has 0 heterocycles. The molecule has 0 saturated heterocycles. The van der Waals surface area contributed by atoms with Gasteiger partial charge in [-0.25, -0.2) is 22.1 Å². The summed E-state index contributed by atoms with van der Waals surface area (Å²) < 4.78 is 53.2. The zero-order valence-electron chi connectivity index (χ0n) is 12.0. The number of nitrogens with one attached hydrogen (secondary N) is 1. The van der Waals surface area contributed by atoms with Crippen LogP contribution >= 0.6 is 0 Å². The van der Waals surface area contributed by atoms with Crippen molar-refractivity contribution in [3.05, 3.63) is 35.1 Å². The molecule has 2 nitrogen and oxygen atoms in total. The molecular formula is C14H20F3NOS. The molecule has 1 aromatic carbocycles. The highest BCUT2D eigenvalue weighted by Gasteiger charge is 2.23. The molecule has 0 aromatic heterocycles. The van der Waals surface area contributed by atoms with E-state index in [2.05, 4.69) is 4.72 Å². The van der Waals surface area contributed by atoms with Crippen LogP contribution < -0.4 is 4.72 Å². The Labute approximate surface area is 120 Å². The van der Waals surface area contributed by atoms with E-state index in [4.69, 9.17) is 0 Å². The monoisotopic (exact) mass is 307 g/mol. The van der Waals surface area contributed by atoms with Crippen molar-refractivity contribution in [1.82, 2.24) is 4.72 Å². The molecule has 0 aliphatic rings. The van der Waals surface area contributed by atoms with Gasteiger partial charge in [0.05, 0.1) is 15.7 Å². The molecule has 20 heavy (non-hydrogen) atoms. The lowest BCUT2D eigenvalue weighted by atomic mass is 10.0. The second-order valence-electron chi connectivity index (χ2n) is 5.64. The fourth-order valence-corrected chi connectivity index (χ4v) is 2.46. The summed E-state index contributed by atoms with van der Waals surface area (Å²) >= 11 is 0. The van der Waals surface area contributed by atoms with Gasteiger partial charge < -0.3 is 0 Å². The summed E-state index contributed by atoms with van der Waals surface area (Å²) in [4.78, 5) is 0. The van der Waals surface area contributed by atoms with E-state index >= 15 is 0 Å². The van der Waals surface area contributed by atoms with E-state index < -0.39 is 40.4 Å². The average molecular weight is 307 g/mol. The first-order chi connectivity index (χ1) is 9.12. The predicted octanol–water partition coefficient (Wildman–Crippen LogP) is 3.75. The number of hydrogen-bond acceptors (Lipinski definition) is 1. The number of rotatable bonds is 5. The quantitative estimate of drug-likeness (QED) is 0.882. The van der Waals surface area contributed by atoms with Crippen molar-refractivity contribution in [2.75, 3.05) is 0 Å². The van der Waals surface area contributed by atoms with Crippen LogP contribution in [0.4, 0.5) is 13.2 Å². The van der Waals surface area contributed by atoms with Crippen LogP contribution in [0.3, 0.4) is 0 Å².